The molecule has 1 aromatic heterocycles. The van der Waals surface area contributed by atoms with Crippen LogP contribution in [0.2, 0.25) is 0 Å². The molecule has 0 spiro atoms. The number of unbranched alkanes of at least 4 members (excludes halogenated alkanes) is 4. The van der Waals surface area contributed by atoms with Crippen molar-refractivity contribution in [3.05, 3.63) is 41.2 Å². The Labute approximate surface area is 171 Å². The number of hydrogen-bond acceptors (Lipinski definition) is 3. The predicted molar refractivity (Wildman–Crippen MR) is 119 cm³/mol. The molecule has 0 aliphatic heterocycles. The number of aryl methyl sites for hydroxylation is 3. The maximum atomic E-state index is 6.12. The van der Waals surface area contributed by atoms with E-state index in [1.54, 1.807) is 10.9 Å². The number of nitrogens with zero attached hydrogens (tertiary/aromatic N) is 3. The molecule has 0 fully saturated rings. The lowest BCUT2D eigenvalue weighted by atomic mass is 9.95. The van der Waals surface area contributed by atoms with Crippen LogP contribution in [0.1, 0.15) is 82.4 Å². The summed E-state index contributed by atoms with van der Waals surface area (Å²) in [6.07, 6.45) is 16.4. The summed E-state index contributed by atoms with van der Waals surface area (Å²) in [4.78, 5) is 4.67. The smallest absolute Gasteiger partial charge is 0.119 e. The highest BCUT2D eigenvalue weighted by Crippen LogP contribution is 2.25. The molecule has 0 aliphatic carbocycles. The molecule has 0 saturated carbocycles. The van der Waals surface area contributed by atoms with Gasteiger partial charge in [0.25, 0.3) is 0 Å². The number of aliphatic imine (C=N–C) groups is 1. The maximum Gasteiger partial charge on any atom is 0.119 e. The van der Waals surface area contributed by atoms with Gasteiger partial charge in [-0.2, -0.15) is 5.10 Å². The van der Waals surface area contributed by atoms with Crippen LogP contribution in [-0.4, -0.2) is 22.6 Å². The second-order valence-corrected chi connectivity index (χ2v) is 7.55. The average molecular weight is 384 g/mol. The van der Waals surface area contributed by atoms with E-state index in [0.29, 0.717) is 0 Å². The number of ether oxygens (including phenoxy) is 1. The summed E-state index contributed by atoms with van der Waals surface area (Å²) < 4.78 is 7.91. The molecule has 1 heterocycles. The molecule has 0 atom stereocenters. The van der Waals surface area contributed by atoms with Crippen LogP contribution < -0.4 is 4.74 Å². The Morgan fingerprint density at radius 3 is 2.21 bits per heavy atom. The highest BCUT2D eigenvalue weighted by atomic mass is 16.5. The fourth-order valence-corrected chi connectivity index (χ4v) is 3.46. The molecular formula is C24H37N3O. The number of benzene rings is 1. The first kappa shape index (κ1) is 22.2. The van der Waals surface area contributed by atoms with Crippen LogP contribution in [0.4, 0.5) is 5.69 Å². The maximum absolute atomic E-state index is 6.12. The van der Waals surface area contributed by atoms with Crippen molar-refractivity contribution >= 4 is 11.9 Å². The molecule has 154 valence electrons. The fraction of sp³-hybridized carbons (Fsp3) is 0.583. The first-order chi connectivity index (χ1) is 13.7. The van der Waals surface area contributed by atoms with E-state index in [9.17, 15) is 0 Å². The molecule has 0 amide bonds. The lowest BCUT2D eigenvalue weighted by Crippen LogP contribution is -2.04. The van der Waals surface area contributed by atoms with Crippen molar-refractivity contribution in [2.24, 2.45) is 12.0 Å². The number of hydrogen-bond donors (Lipinski definition) is 0. The molecular weight excluding hydrogens is 346 g/mol. The topological polar surface area (TPSA) is 39.4 Å². The van der Waals surface area contributed by atoms with Crippen LogP contribution in [-0.2, 0) is 19.9 Å². The van der Waals surface area contributed by atoms with E-state index in [4.69, 9.17) is 4.74 Å². The van der Waals surface area contributed by atoms with Crippen molar-refractivity contribution in [2.75, 3.05) is 6.61 Å². The molecule has 2 aromatic rings. The zero-order valence-electron chi connectivity index (χ0n) is 18.2. The SMILES string of the molecule is CCCCCCCOc1cc(CCC)c(C=Nc2cnn(C)c2)c(CCC)c1. The Balaban J connectivity index is 2.16. The largest absolute Gasteiger partial charge is 0.494 e. The van der Waals surface area contributed by atoms with Gasteiger partial charge >= 0.3 is 0 Å². The third-order valence-electron chi connectivity index (χ3n) is 4.91. The van der Waals surface area contributed by atoms with Crippen LogP contribution in [0.25, 0.3) is 0 Å². The Morgan fingerprint density at radius 2 is 1.64 bits per heavy atom. The molecule has 4 nitrogen and oxygen atoms in total. The van der Waals surface area contributed by atoms with Crippen LogP contribution >= 0.6 is 0 Å². The lowest BCUT2D eigenvalue weighted by molar-refractivity contribution is 0.304. The summed E-state index contributed by atoms with van der Waals surface area (Å²) in [5, 5.41) is 4.20. The van der Waals surface area contributed by atoms with Gasteiger partial charge < -0.3 is 4.74 Å². The monoisotopic (exact) mass is 383 g/mol. The molecule has 28 heavy (non-hydrogen) atoms. The third-order valence-corrected chi connectivity index (χ3v) is 4.91. The normalized spacial score (nSPS) is 11.4. The van der Waals surface area contributed by atoms with Gasteiger partial charge in [-0.25, -0.2) is 0 Å². The van der Waals surface area contributed by atoms with E-state index < -0.39 is 0 Å². The second kappa shape index (κ2) is 12.4. The summed E-state index contributed by atoms with van der Waals surface area (Å²) in [6, 6.07) is 4.44. The highest BCUT2D eigenvalue weighted by Gasteiger charge is 2.10. The molecule has 0 radical (unpaired) electrons. The minimum atomic E-state index is 0.809. The molecule has 0 saturated heterocycles. The van der Waals surface area contributed by atoms with Gasteiger partial charge in [-0.1, -0.05) is 59.3 Å². The van der Waals surface area contributed by atoms with E-state index in [2.05, 4.69) is 43.0 Å². The van der Waals surface area contributed by atoms with Gasteiger partial charge in [0.15, 0.2) is 0 Å². The van der Waals surface area contributed by atoms with Gasteiger partial charge in [-0.05, 0) is 48.1 Å². The van der Waals surface area contributed by atoms with E-state index in [-0.39, 0.29) is 0 Å². The molecule has 1 aromatic carbocycles. The number of aromatic nitrogens is 2. The van der Waals surface area contributed by atoms with Gasteiger partial charge in [0.2, 0.25) is 0 Å². The van der Waals surface area contributed by atoms with Gasteiger partial charge in [-0.3, -0.25) is 9.67 Å². The molecule has 2 rings (SSSR count). The first-order valence-corrected chi connectivity index (χ1v) is 11.0. The second-order valence-electron chi connectivity index (χ2n) is 7.55. The van der Waals surface area contributed by atoms with Crippen molar-refractivity contribution in [1.82, 2.24) is 9.78 Å². The summed E-state index contributed by atoms with van der Waals surface area (Å²) in [6.45, 7) is 7.51. The van der Waals surface area contributed by atoms with Crippen LogP contribution in [0, 0.1) is 0 Å². The van der Waals surface area contributed by atoms with Gasteiger partial charge in [0.05, 0.1) is 19.0 Å². The zero-order chi connectivity index (χ0) is 20.2. The van der Waals surface area contributed by atoms with E-state index in [1.165, 1.54) is 42.4 Å². The van der Waals surface area contributed by atoms with E-state index in [0.717, 1.165) is 50.1 Å². The Morgan fingerprint density at radius 1 is 0.964 bits per heavy atom. The summed E-state index contributed by atoms with van der Waals surface area (Å²) in [7, 11) is 1.92. The van der Waals surface area contributed by atoms with Crippen molar-refractivity contribution < 1.29 is 4.74 Å². The fourth-order valence-electron chi connectivity index (χ4n) is 3.46. The van der Waals surface area contributed by atoms with Crippen LogP contribution in [0.5, 0.6) is 5.75 Å². The average Bonchev–Trinajstić information content (AvgIpc) is 3.09. The third kappa shape index (κ3) is 7.14. The summed E-state index contributed by atoms with van der Waals surface area (Å²) in [5.74, 6) is 1.01. The zero-order valence-corrected chi connectivity index (χ0v) is 18.2. The molecule has 0 unspecified atom stereocenters. The summed E-state index contributed by atoms with van der Waals surface area (Å²) in [5.41, 5.74) is 4.81. The minimum Gasteiger partial charge on any atom is -0.494 e. The lowest BCUT2D eigenvalue weighted by Gasteiger charge is -2.15. The van der Waals surface area contributed by atoms with Crippen molar-refractivity contribution in [3.8, 4) is 5.75 Å². The Hall–Kier alpha value is -2.10. The van der Waals surface area contributed by atoms with Crippen molar-refractivity contribution in [2.45, 2.75) is 78.6 Å². The van der Waals surface area contributed by atoms with Gasteiger partial charge in [0.1, 0.15) is 11.4 Å². The molecule has 0 aliphatic rings. The van der Waals surface area contributed by atoms with E-state index in [1.807, 2.05) is 19.5 Å². The van der Waals surface area contributed by atoms with E-state index >= 15 is 0 Å². The van der Waals surface area contributed by atoms with Crippen molar-refractivity contribution in [1.29, 1.82) is 0 Å². The summed E-state index contributed by atoms with van der Waals surface area (Å²) >= 11 is 0. The Kier molecular flexibility index (Phi) is 9.81. The Bertz CT molecular complexity index is 706. The predicted octanol–water partition coefficient (Wildman–Crippen LogP) is 6.42. The molecule has 0 bridgehead atoms. The highest BCUT2D eigenvalue weighted by molar-refractivity contribution is 5.86. The van der Waals surface area contributed by atoms with Gasteiger partial charge in [-0.15, -0.1) is 0 Å². The number of rotatable bonds is 13. The molecule has 4 heteroatoms. The van der Waals surface area contributed by atoms with Crippen LogP contribution in [0.3, 0.4) is 0 Å². The van der Waals surface area contributed by atoms with Crippen molar-refractivity contribution in [3.63, 3.8) is 0 Å². The van der Waals surface area contributed by atoms with Crippen LogP contribution in [0.15, 0.2) is 29.5 Å². The minimum absolute atomic E-state index is 0.809. The standard InChI is InChI=1S/C24H37N3O/c1-5-8-9-10-11-14-28-23-15-20(12-6-2)24(21(16-23)13-7-3)18-25-22-17-26-27(4)19-22/h15-19H,5-14H2,1-4H3. The quantitative estimate of drug-likeness (QED) is 0.295. The first-order valence-electron chi connectivity index (χ1n) is 11.0. The van der Waals surface area contributed by atoms with Gasteiger partial charge in [0, 0.05) is 13.3 Å². The molecule has 0 N–H and O–H groups in total.